The van der Waals surface area contributed by atoms with E-state index in [2.05, 4.69) is 14.9 Å². The van der Waals surface area contributed by atoms with Crippen LogP contribution < -0.4 is 4.72 Å². The minimum atomic E-state index is -3.81. The van der Waals surface area contributed by atoms with Gasteiger partial charge in [0.1, 0.15) is 16.4 Å². The Morgan fingerprint density at radius 1 is 1.24 bits per heavy atom. The smallest absolute Gasteiger partial charge is 0.244 e. The number of fused-ring (bicyclic) bond motifs is 1. The summed E-state index contributed by atoms with van der Waals surface area (Å²) in [6, 6.07) is 2.82. The zero-order valence-corrected chi connectivity index (χ0v) is 17.1. The molecule has 29 heavy (non-hydrogen) atoms. The minimum absolute atomic E-state index is 0.134. The Balaban J connectivity index is 1.70. The van der Waals surface area contributed by atoms with Crippen LogP contribution >= 0.6 is 0 Å². The lowest BCUT2D eigenvalue weighted by atomic mass is 9.94. The Labute approximate surface area is 167 Å². The maximum atomic E-state index is 14.2. The Morgan fingerprint density at radius 3 is 2.66 bits per heavy atom. The first-order valence-electron chi connectivity index (χ1n) is 9.24. The predicted molar refractivity (Wildman–Crippen MR) is 102 cm³/mol. The molecular weight excluding hydrogens is 400 g/mol. The highest BCUT2D eigenvalue weighted by molar-refractivity contribution is 7.89. The van der Waals surface area contributed by atoms with Crippen molar-refractivity contribution in [1.82, 2.24) is 24.3 Å². The lowest BCUT2D eigenvalue weighted by Gasteiger charge is -2.24. The van der Waals surface area contributed by atoms with Gasteiger partial charge in [0.05, 0.1) is 23.6 Å². The van der Waals surface area contributed by atoms with Gasteiger partial charge in [0.2, 0.25) is 10.0 Å². The molecule has 10 heteroatoms. The van der Waals surface area contributed by atoms with Crippen molar-refractivity contribution in [2.75, 3.05) is 0 Å². The number of halogens is 2. The normalized spacial score (nSPS) is 16.8. The lowest BCUT2D eigenvalue weighted by molar-refractivity contribution is 0.499. The van der Waals surface area contributed by atoms with Crippen LogP contribution in [0.5, 0.6) is 0 Å². The van der Waals surface area contributed by atoms with Gasteiger partial charge in [0.25, 0.3) is 0 Å². The largest absolute Gasteiger partial charge is 0.271 e. The van der Waals surface area contributed by atoms with Crippen LogP contribution in [0.1, 0.15) is 41.5 Å². The first kappa shape index (κ1) is 19.7. The molecule has 1 aliphatic rings. The number of sulfonamides is 1. The fourth-order valence-corrected chi connectivity index (χ4v) is 5.62. The van der Waals surface area contributed by atoms with Crippen LogP contribution in [-0.4, -0.2) is 28.0 Å². The number of nitrogens with one attached hydrogen (secondary N) is 1. The van der Waals surface area contributed by atoms with Gasteiger partial charge in [-0.3, -0.25) is 4.68 Å². The van der Waals surface area contributed by atoms with Crippen LogP contribution in [0.3, 0.4) is 0 Å². The highest BCUT2D eigenvalue weighted by Gasteiger charge is 2.32. The minimum Gasteiger partial charge on any atom is -0.271 e. The summed E-state index contributed by atoms with van der Waals surface area (Å²) in [4.78, 5) is 0.170. The number of aromatic nitrogens is 4. The number of hydrogen-bond donors (Lipinski definition) is 1. The van der Waals surface area contributed by atoms with E-state index in [0.717, 1.165) is 6.07 Å². The molecular formula is C19H21F2N5O2S. The van der Waals surface area contributed by atoms with Crippen LogP contribution in [0.2, 0.25) is 0 Å². The number of aryl methyl sites for hydroxylation is 2. The van der Waals surface area contributed by atoms with Gasteiger partial charge >= 0.3 is 0 Å². The molecule has 0 saturated carbocycles. The van der Waals surface area contributed by atoms with Crippen molar-refractivity contribution in [3.05, 3.63) is 58.7 Å². The van der Waals surface area contributed by atoms with Gasteiger partial charge in [-0.2, -0.15) is 10.2 Å². The molecule has 2 heterocycles. The van der Waals surface area contributed by atoms with Gasteiger partial charge in [-0.15, -0.1) is 0 Å². The predicted octanol–water partition coefficient (Wildman–Crippen LogP) is 2.86. The Bertz CT molecular complexity index is 1200. The number of nitrogens with zero attached hydrogens (tertiary/aromatic N) is 4. The second kappa shape index (κ2) is 7.03. The van der Waals surface area contributed by atoms with Gasteiger partial charge < -0.3 is 0 Å². The monoisotopic (exact) mass is 421 g/mol. The van der Waals surface area contributed by atoms with E-state index in [0.29, 0.717) is 41.9 Å². The molecule has 1 aliphatic carbocycles. The molecule has 7 nitrogen and oxygen atoms in total. The van der Waals surface area contributed by atoms with Crippen molar-refractivity contribution in [1.29, 1.82) is 0 Å². The van der Waals surface area contributed by atoms with Crippen molar-refractivity contribution < 1.29 is 17.2 Å². The number of rotatable bonds is 4. The van der Waals surface area contributed by atoms with Gasteiger partial charge in [-0.05, 0) is 45.2 Å². The van der Waals surface area contributed by atoms with E-state index >= 15 is 0 Å². The standard InChI is InChI=1S/C19H21F2N5O2S/c1-11-19(12(2)25(3)23-11)29(27,28)24-16-5-4-6-17-14(16)10-22-26(17)18-8-7-13(20)9-15(18)21/h7-10,16,24H,4-6H2,1-3H3. The summed E-state index contributed by atoms with van der Waals surface area (Å²) in [5, 5.41) is 8.44. The highest BCUT2D eigenvalue weighted by atomic mass is 32.2. The van der Waals surface area contributed by atoms with Crippen molar-refractivity contribution in [2.45, 2.75) is 44.0 Å². The average molecular weight is 421 g/mol. The summed E-state index contributed by atoms with van der Waals surface area (Å²) >= 11 is 0. The molecule has 4 rings (SSSR count). The first-order valence-corrected chi connectivity index (χ1v) is 10.7. The SMILES string of the molecule is Cc1nn(C)c(C)c1S(=O)(=O)NC1CCCc2c1cnn2-c1ccc(F)cc1F. The van der Waals surface area contributed by atoms with Gasteiger partial charge in [0.15, 0.2) is 5.82 Å². The fraction of sp³-hybridized carbons (Fsp3) is 0.368. The maximum absolute atomic E-state index is 14.2. The molecule has 1 unspecified atom stereocenters. The Morgan fingerprint density at radius 2 is 2.00 bits per heavy atom. The molecule has 0 amide bonds. The first-order chi connectivity index (χ1) is 13.7. The van der Waals surface area contributed by atoms with Crippen LogP contribution in [0, 0.1) is 25.5 Å². The summed E-state index contributed by atoms with van der Waals surface area (Å²) in [5.74, 6) is -1.39. The molecule has 3 aromatic rings. The number of hydrogen-bond acceptors (Lipinski definition) is 4. The Hall–Kier alpha value is -2.59. The van der Waals surface area contributed by atoms with Crippen molar-refractivity contribution in [3.63, 3.8) is 0 Å². The Kier molecular flexibility index (Phi) is 4.78. The maximum Gasteiger partial charge on any atom is 0.244 e. The zero-order valence-electron chi connectivity index (χ0n) is 16.3. The third-order valence-corrected chi connectivity index (χ3v) is 7.05. The molecule has 1 atom stereocenters. The van der Waals surface area contributed by atoms with Crippen LogP contribution in [0.4, 0.5) is 8.78 Å². The van der Waals surface area contributed by atoms with Gasteiger partial charge in [0, 0.05) is 24.4 Å². The highest BCUT2D eigenvalue weighted by Crippen LogP contribution is 2.33. The zero-order chi connectivity index (χ0) is 20.9. The molecule has 0 saturated heterocycles. The fourth-order valence-electron chi connectivity index (χ4n) is 3.93. The van der Waals surface area contributed by atoms with Crippen LogP contribution in [0.25, 0.3) is 5.69 Å². The molecule has 0 fully saturated rings. The summed E-state index contributed by atoms with van der Waals surface area (Å²) in [6.45, 7) is 3.36. The van der Waals surface area contributed by atoms with Crippen LogP contribution in [-0.2, 0) is 23.5 Å². The second-order valence-electron chi connectivity index (χ2n) is 7.24. The average Bonchev–Trinajstić information content (AvgIpc) is 3.16. The molecule has 154 valence electrons. The van der Waals surface area contributed by atoms with E-state index < -0.39 is 27.7 Å². The van der Waals surface area contributed by atoms with Crippen molar-refractivity contribution in [2.24, 2.45) is 7.05 Å². The molecule has 1 N–H and O–H groups in total. The summed E-state index contributed by atoms with van der Waals surface area (Å²) in [6.07, 6.45) is 3.48. The van der Waals surface area contributed by atoms with E-state index in [9.17, 15) is 17.2 Å². The molecule has 1 aromatic carbocycles. The molecule has 0 radical (unpaired) electrons. The third kappa shape index (κ3) is 3.36. The molecule has 0 aliphatic heterocycles. The summed E-state index contributed by atoms with van der Waals surface area (Å²) in [5.41, 5.74) is 2.53. The van der Waals surface area contributed by atoms with Gasteiger partial charge in [-0.25, -0.2) is 26.6 Å². The van der Waals surface area contributed by atoms with E-state index in [1.165, 1.54) is 21.5 Å². The quantitative estimate of drug-likeness (QED) is 0.702. The van der Waals surface area contributed by atoms with E-state index in [1.54, 1.807) is 27.1 Å². The topological polar surface area (TPSA) is 81.8 Å². The van der Waals surface area contributed by atoms with E-state index in [1.807, 2.05) is 0 Å². The lowest BCUT2D eigenvalue weighted by Crippen LogP contribution is -2.31. The van der Waals surface area contributed by atoms with Gasteiger partial charge in [-0.1, -0.05) is 0 Å². The third-order valence-electron chi connectivity index (χ3n) is 5.33. The molecule has 0 bridgehead atoms. The molecule has 2 aromatic heterocycles. The summed E-state index contributed by atoms with van der Waals surface area (Å²) < 4.78 is 59.3. The second-order valence-corrected chi connectivity index (χ2v) is 8.89. The number of benzene rings is 1. The molecule has 0 spiro atoms. The summed E-state index contributed by atoms with van der Waals surface area (Å²) in [7, 11) is -2.11. The van der Waals surface area contributed by atoms with Crippen LogP contribution in [0.15, 0.2) is 29.3 Å². The van der Waals surface area contributed by atoms with Crippen molar-refractivity contribution in [3.8, 4) is 5.69 Å². The van der Waals surface area contributed by atoms with E-state index in [4.69, 9.17) is 0 Å². The van der Waals surface area contributed by atoms with E-state index in [-0.39, 0.29) is 10.6 Å². The van der Waals surface area contributed by atoms with Crippen molar-refractivity contribution >= 4 is 10.0 Å².